The minimum atomic E-state index is -0.491. The lowest BCUT2D eigenvalue weighted by Gasteiger charge is -2.31. The number of nitrogens with zero attached hydrogens (tertiary/aromatic N) is 1. The second-order valence-corrected chi connectivity index (χ2v) is 9.40. The number of benzene rings is 2. The molecule has 33 heavy (non-hydrogen) atoms. The molecule has 1 heterocycles. The van der Waals surface area contributed by atoms with Crippen molar-refractivity contribution < 1.29 is 23.8 Å². The molecule has 0 aliphatic carbocycles. The summed E-state index contributed by atoms with van der Waals surface area (Å²) in [4.78, 5) is 26.8. The molecule has 1 aliphatic rings. The lowest BCUT2D eigenvalue weighted by atomic mass is 9.98. The van der Waals surface area contributed by atoms with E-state index in [4.69, 9.17) is 14.2 Å². The highest BCUT2D eigenvalue weighted by atomic mass is 16.6. The zero-order valence-electron chi connectivity index (χ0n) is 20.1. The molecule has 1 aliphatic heterocycles. The van der Waals surface area contributed by atoms with Crippen LogP contribution < -0.4 is 0 Å². The van der Waals surface area contributed by atoms with Crippen LogP contribution in [0.4, 0.5) is 0 Å². The molecule has 0 bridgehead atoms. The summed E-state index contributed by atoms with van der Waals surface area (Å²) in [5.74, 6) is -0.567. The third kappa shape index (κ3) is 7.14. The maximum atomic E-state index is 12.4. The second kappa shape index (κ2) is 11.4. The Bertz CT molecular complexity index is 922. The normalized spacial score (nSPS) is 18.8. The van der Waals surface area contributed by atoms with Crippen LogP contribution in [0.25, 0.3) is 0 Å². The number of esters is 2. The van der Waals surface area contributed by atoms with Gasteiger partial charge in [0, 0.05) is 18.6 Å². The van der Waals surface area contributed by atoms with Crippen molar-refractivity contribution in [2.24, 2.45) is 0 Å². The number of rotatable bonds is 9. The Kier molecular flexibility index (Phi) is 8.64. The average Bonchev–Trinajstić information content (AvgIpc) is 3.17. The quantitative estimate of drug-likeness (QED) is 0.396. The van der Waals surface area contributed by atoms with Crippen molar-refractivity contribution in [3.63, 3.8) is 0 Å². The van der Waals surface area contributed by atoms with Crippen molar-refractivity contribution in [2.75, 3.05) is 20.3 Å². The molecule has 0 unspecified atom stereocenters. The molecular formula is C27H35NO5. The maximum Gasteiger partial charge on any atom is 0.338 e. The van der Waals surface area contributed by atoms with Crippen molar-refractivity contribution in [1.29, 1.82) is 0 Å². The fourth-order valence-electron chi connectivity index (χ4n) is 4.33. The zero-order chi connectivity index (χ0) is 23.8. The summed E-state index contributed by atoms with van der Waals surface area (Å²) in [5, 5.41) is 0. The number of methoxy groups -OCH3 is 1. The smallest absolute Gasteiger partial charge is 0.338 e. The van der Waals surface area contributed by atoms with Crippen LogP contribution in [0.1, 0.15) is 67.6 Å². The number of hydrogen-bond acceptors (Lipinski definition) is 6. The molecule has 0 spiro atoms. The molecule has 1 fully saturated rings. The summed E-state index contributed by atoms with van der Waals surface area (Å²) in [6.07, 6.45) is 2.09. The Hall–Kier alpha value is -2.70. The lowest BCUT2D eigenvalue weighted by molar-refractivity contribution is -0.156. The Morgan fingerprint density at radius 2 is 1.70 bits per heavy atom. The van der Waals surface area contributed by atoms with E-state index < -0.39 is 5.60 Å². The zero-order valence-corrected chi connectivity index (χ0v) is 20.1. The van der Waals surface area contributed by atoms with Gasteiger partial charge in [-0.25, -0.2) is 4.79 Å². The Labute approximate surface area is 196 Å². The number of carbonyl (C=O) groups excluding carboxylic acids is 2. The first-order valence-corrected chi connectivity index (χ1v) is 11.5. The molecule has 1 saturated heterocycles. The molecule has 2 aromatic rings. The molecular weight excluding hydrogens is 418 g/mol. The highest BCUT2D eigenvalue weighted by molar-refractivity contribution is 5.91. The van der Waals surface area contributed by atoms with Gasteiger partial charge >= 0.3 is 11.9 Å². The summed E-state index contributed by atoms with van der Waals surface area (Å²) < 4.78 is 16.3. The summed E-state index contributed by atoms with van der Waals surface area (Å²) in [5.41, 5.74) is 2.31. The Balaban J connectivity index is 1.71. The minimum Gasteiger partial charge on any atom is -0.465 e. The Morgan fingerprint density at radius 1 is 1.00 bits per heavy atom. The van der Waals surface area contributed by atoms with Gasteiger partial charge in [0.15, 0.2) is 0 Å². The van der Waals surface area contributed by atoms with Gasteiger partial charge in [-0.3, -0.25) is 9.69 Å². The van der Waals surface area contributed by atoms with Crippen molar-refractivity contribution in [3.8, 4) is 0 Å². The van der Waals surface area contributed by atoms with Gasteiger partial charge in [-0.1, -0.05) is 48.5 Å². The molecule has 6 nitrogen and oxygen atoms in total. The molecule has 6 heteroatoms. The maximum absolute atomic E-state index is 12.4. The summed E-state index contributed by atoms with van der Waals surface area (Å²) >= 11 is 0. The first-order chi connectivity index (χ1) is 15.8. The fraction of sp³-hybridized carbons (Fsp3) is 0.481. The topological polar surface area (TPSA) is 65.1 Å². The number of likely N-dealkylation sites (tertiary alicyclic amines) is 1. The summed E-state index contributed by atoms with van der Waals surface area (Å²) in [6.45, 7) is 7.18. The predicted molar refractivity (Wildman–Crippen MR) is 127 cm³/mol. The highest BCUT2D eigenvalue weighted by Crippen LogP contribution is 2.39. The van der Waals surface area contributed by atoms with E-state index in [1.807, 2.05) is 63.2 Å². The third-order valence-corrected chi connectivity index (χ3v) is 5.76. The van der Waals surface area contributed by atoms with E-state index in [9.17, 15) is 9.59 Å². The van der Waals surface area contributed by atoms with Crippen molar-refractivity contribution in [1.82, 2.24) is 4.90 Å². The van der Waals surface area contributed by atoms with Gasteiger partial charge in [-0.05, 0) is 50.8 Å². The number of hydrogen-bond donors (Lipinski definition) is 0. The van der Waals surface area contributed by atoms with Gasteiger partial charge in [-0.2, -0.15) is 0 Å². The van der Waals surface area contributed by atoms with E-state index in [0.717, 1.165) is 24.9 Å². The van der Waals surface area contributed by atoms with E-state index in [-0.39, 0.29) is 30.4 Å². The lowest BCUT2D eigenvalue weighted by Crippen LogP contribution is -2.35. The molecule has 2 atom stereocenters. The summed E-state index contributed by atoms with van der Waals surface area (Å²) in [6, 6.07) is 18.2. The molecule has 0 N–H and O–H groups in total. The standard InChI is InChI=1S/C27H35NO5/c1-27(2,3)33-25(29)16-17-32-19-21-14-15-24(28(21)18-20-10-6-5-7-11-20)22-12-8-9-13-23(22)26(30)31-4/h5-13,21,24H,14-19H2,1-4H3/t21-,24-/m0/s1. The van der Waals surface area contributed by atoms with Crippen LogP contribution in [-0.2, 0) is 25.5 Å². The van der Waals surface area contributed by atoms with Crippen LogP contribution >= 0.6 is 0 Å². The molecule has 3 rings (SSSR count). The van der Waals surface area contributed by atoms with Gasteiger partial charge in [0.2, 0.25) is 0 Å². The molecule has 2 aromatic carbocycles. The van der Waals surface area contributed by atoms with Crippen molar-refractivity contribution in [3.05, 3.63) is 71.3 Å². The van der Waals surface area contributed by atoms with E-state index in [1.54, 1.807) is 0 Å². The van der Waals surface area contributed by atoms with Crippen LogP contribution in [-0.4, -0.2) is 48.8 Å². The van der Waals surface area contributed by atoms with Gasteiger partial charge in [0.1, 0.15) is 5.60 Å². The third-order valence-electron chi connectivity index (χ3n) is 5.76. The van der Waals surface area contributed by atoms with Crippen molar-refractivity contribution >= 4 is 11.9 Å². The SMILES string of the molecule is COC(=O)c1ccccc1[C@@H]1CC[C@@H](COCCC(=O)OC(C)(C)C)N1Cc1ccccc1. The second-order valence-electron chi connectivity index (χ2n) is 9.40. The highest BCUT2D eigenvalue weighted by Gasteiger charge is 2.36. The van der Waals surface area contributed by atoms with E-state index >= 15 is 0 Å². The van der Waals surface area contributed by atoms with E-state index in [2.05, 4.69) is 17.0 Å². The van der Waals surface area contributed by atoms with Crippen LogP contribution in [0.15, 0.2) is 54.6 Å². The van der Waals surface area contributed by atoms with Crippen molar-refractivity contribution in [2.45, 2.75) is 64.3 Å². The first kappa shape index (κ1) is 24.9. The van der Waals surface area contributed by atoms with Gasteiger partial charge < -0.3 is 14.2 Å². The largest absolute Gasteiger partial charge is 0.465 e. The van der Waals surface area contributed by atoms with Gasteiger partial charge in [0.05, 0.1) is 32.3 Å². The minimum absolute atomic E-state index is 0.0833. The first-order valence-electron chi connectivity index (χ1n) is 11.5. The van der Waals surface area contributed by atoms with Crippen LogP contribution in [0, 0.1) is 0 Å². The fourth-order valence-corrected chi connectivity index (χ4v) is 4.33. The van der Waals surface area contributed by atoms with Gasteiger partial charge in [0.25, 0.3) is 0 Å². The number of carbonyl (C=O) groups is 2. The van der Waals surface area contributed by atoms with Crippen LogP contribution in [0.5, 0.6) is 0 Å². The molecule has 178 valence electrons. The monoisotopic (exact) mass is 453 g/mol. The molecule has 0 saturated carbocycles. The molecule has 0 aromatic heterocycles. The average molecular weight is 454 g/mol. The predicted octanol–water partition coefficient (Wildman–Crippen LogP) is 4.93. The van der Waals surface area contributed by atoms with Gasteiger partial charge in [-0.15, -0.1) is 0 Å². The van der Waals surface area contributed by atoms with Crippen LogP contribution in [0.3, 0.4) is 0 Å². The van der Waals surface area contributed by atoms with Crippen LogP contribution in [0.2, 0.25) is 0 Å². The van der Waals surface area contributed by atoms with E-state index in [1.165, 1.54) is 12.7 Å². The number of ether oxygens (including phenoxy) is 3. The van der Waals surface area contributed by atoms with E-state index in [0.29, 0.717) is 18.8 Å². The molecule has 0 amide bonds. The Morgan fingerprint density at radius 3 is 2.39 bits per heavy atom. The molecule has 0 radical (unpaired) electrons. The summed E-state index contributed by atoms with van der Waals surface area (Å²) in [7, 11) is 1.41.